The van der Waals surface area contributed by atoms with E-state index in [-0.39, 0.29) is 11.3 Å². The van der Waals surface area contributed by atoms with E-state index in [0.29, 0.717) is 19.6 Å². The second kappa shape index (κ2) is 8.19. The quantitative estimate of drug-likeness (QED) is 0.795. The third-order valence-electron chi connectivity index (χ3n) is 4.23. The van der Waals surface area contributed by atoms with Crippen LogP contribution < -0.4 is 10.1 Å². The first kappa shape index (κ1) is 19.0. The van der Waals surface area contributed by atoms with Gasteiger partial charge in [0.2, 0.25) is 5.91 Å². The van der Waals surface area contributed by atoms with Crippen LogP contribution in [0.4, 0.5) is 0 Å². The molecule has 0 saturated heterocycles. The molecule has 0 radical (unpaired) electrons. The summed E-state index contributed by atoms with van der Waals surface area (Å²) in [5.74, 6) is 0.915. The molecule has 3 heteroatoms. The number of carbonyl (C=O) groups is 1. The van der Waals surface area contributed by atoms with Crippen LogP contribution in [0.25, 0.3) is 0 Å². The minimum Gasteiger partial charge on any atom is -0.491 e. The van der Waals surface area contributed by atoms with Crippen molar-refractivity contribution in [2.24, 2.45) is 0 Å². The predicted molar refractivity (Wildman–Crippen MR) is 103 cm³/mol. The van der Waals surface area contributed by atoms with Gasteiger partial charge in [-0.25, -0.2) is 0 Å². The Bertz CT molecular complexity index is 729. The Balaban J connectivity index is 1.83. The van der Waals surface area contributed by atoms with E-state index < -0.39 is 0 Å². The maximum Gasteiger partial charge on any atom is 0.224 e. The van der Waals surface area contributed by atoms with E-state index in [1.807, 2.05) is 37.3 Å². The average Bonchev–Trinajstić information content (AvgIpc) is 2.54. The van der Waals surface area contributed by atoms with E-state index in [4.69, 9.17) is 4.74 Å². The van der Waals surface area contributed by atoms with Crippen molar-refractivity contribution < 1.29 is 9.53 Å². The molecule has 0 aliphatic heterocycles. The first-order valence-corrected chi connectivity index (χ1v) is 8.82. The molecule has 0 heterocycles. The van der Waals surface area contributed by atoms with Gasteiger partial charge in [0.05, 0.1) is 13.0 Å². The fraction of sp³-hybridized carbons (Fsp3) is 0.409. The fourth-order valence-electron chi connectivity index (χ4n) is 2.84. The first-order valence-electron chi connectivity index (χ1n) is 8.82. The Hall–Kier alpha value is -2.29. The number of hydrogen-bond donors (Lipinski definition) is 1. The molecular formula is C22H29NO2. The standard InChI is InChI=1S/C22H29NO2/c1-16-10-11-18(17(2)14-16)15-21(24)23-12-13-25-20-9-7-6-8-19(20)22(3,4)5/h6-11,14H,12-13,15H2,1-5H3,(H,23,24). The van der Waals surface area contributed by atoms with Crippen molar-refractivity contribution in [2.45, 2.75) is 46.5 Å². The van der Waals surface area contributed by atoms with Crippen molar-refractivity contribution in [2.75, 3.05) is 13.2 Å². The van der Waals surface area contributed by atoms with Crippen LogP contribution in [-0.2, 0) is 16.6 Å². The molecule has 0 fully saturated rings. The number of nitrogens with one attached hydrogen (secondary N) is 1. The molecule has 1 amide bonds. The summed E-state index contributed by atoms with van der Waals surface area (Å²) in [6.07, 6.45) is 0.407. The highest BCUT2D eigenvalue weighted by Crippen LogP contribution is 2.30. The second-order valence-corrected chi connectivity index (χ2v) is 7.55. The summed E-state index contributed by atoms with van der Waals surface area (Å²) in [6, 6.07) is 14.3. The Morgan fingerprint density at radius 1 is 1.08 bits per heavy atom. The van der Waals surface area contributed by atoms with Gasteiger partial charge in [-0.15, -0.1) is 0 Å². The van der Waals surface area contributed by atoms with Gasteiger partial charge in [-0.05, 0) is 42.0 Å². The summed E-state index contributed by atoms with van der Waals surface area (Å²) in [5, 5.41) is 2.94. The minimum absolute atomic E-state index is 0.0275. The zero-order chi connectivity index (χ0) is 18.4. The largest absolute Gasteiger partial charge is 0.491 e. The molecule has 2 aromatic carbocycles. The molecule has 0 aliphatic rings. The van der Waals surface area contributed by atoms with E-state index in [1.54, 1.807) is 0 Å². The number of carbonyl (C=O) groups excluding carboxylic acids is 1. The van der Waals surface area contributed by atoms with Crippen LogP contribution in [0.1, 0.15) is 43.0 Å². The minimum atomic E-state index is 0.0275. The highest BCUT2D eigenvalue weighted by atomic mass is 16.5. The number of benzene rings is 2. The van der Waals surface area contributed by atoms with Gasteiger partial charge in [-0.3, -0.25) is 4.79 Å². The molecule has 0 saturated carbocycles. The molecule has 1 N–H and O–H groups in total. The van der Waals surface area contributed by atoms with Gasteiger partial charge in [0, 0.05) is 0 Å². The van der Waals surface area contributed by atoms with Crippen LogP contribution in [0, 0.1) is 13.8 Å². The van der Waals surface area contributed by atoms with Crippen molar-refractivity contribution >= 4 is 5.91 Å². The zero-order valence-electron chi connectivity index (χ0n) is 16.0. The van der Waals surface area contributed by atoms with Gasteiger partial charge in [0.1, 0.15) is 12.4 Å². The Morgan fingerprint density at radius 2 is 1.80 bits per heavy atom. The summed E-state index contributed by atoms with van der Waals surface area (Å²) >= 11 is 0. The van der Waals surface area contributed by atoms with Crippen molar-refractivity contribution in [3.05, 3.63) is 64.7 Å². The lowest BCUT2D eigenvalue weighted by Gasteiger charge is -2.22. The van der Waals surface area contributed by atoms with Gasteiger partial charge in [0.25, 0.3) is 0 Å². The Morgan fingerprint density at radius 3 is 2.48 bits per heavy atom. The van der Waals surface area contributed by atoms with Crippen LogP contribution >= 0.6 is 0 Å². The summed E-state index contributed by atoms with van der Waals surface area (Å²) < 4.78 is 5.89. The SMILES string of the molecule is Cc1ccc(CC(=O)NCCOc2ccccc2C(C)(C)C)c(C)c1. The second-order valence-electron chi connectivity index (χ2n) is 7.55. The first-order chi connectivity index (χ1) is 11.8. The van der Waals surface area contributed by atoms with Crippen molar-refractivity contribution in [3.8, 4) is 5.75 Å². The van der Waals surface area contributed by atoms with E-state index in [0.717, 1.165) is 16.9 Å². The number of hydrogen-bond acceptors (Lipinski definition) is 2. The van der Waals surface area contributed by atoms with E-state index >= 15 is 0 Å². The molecule has 134 valence electrons. The molecular weight excluding hydrogens is 310 g/mol. The summed E-state index contributed by atoms with van der Waals surface area (Å²) in [4.78, 5) is 12.1. The van der Waals surface area contributed by atoms with Crippen LogP contribution in [0.15, 0.2) is 42.5 Å². The van der Waals surface area contributed by atoms with Crippen LogP contribution in [0.2, 0.25) is 0 Å². The van der Waals surface area contributed by atoms with Gasteiger partial charge >= 0.3 is 0 Å². The third kappa shape index (κ3) is 5.63. The molecule has 2 aromatic rings. The Kier molecular flexibility index (Phi) is 6.24. The van der Waals surface area contributed by atoms with Crippen LogP contribution in [0.3, 0.4) is 0 Å². The van der Waals surface area contributed by atoms with E-state index in [1.165, 1.54) is 11.1 Å². The number of ether oxygens (including phenoxy) is 1. The lowest BCUT2D eigenvalue weighted by atomic mass is 9.86. The highest BCUT2D eigenvalue weighted by Gasteiger charge is 2.18. The van der Waals surface area contributed by atoms with Gasteiger partial charge in [0.15, 0.2) is 0 Å². The zero-order valence-corrected chi connectivity index (χ0v) is 16.0. The summed E-state index contributed by atoms with van der Waals surface area (Å²) in [7, 11) is 0. The predicted octanol–water partition coefficient (Wildman–Crippen LogP) is 4.34. The van der Waals surface area contributed by atoms with Crippen molar-refractivity contribution in [1.29, 1.82) is 0 Å². The normalized spacial score (nSPS) is 11.2. The average molecular weight is 339 g/mol. The summed E-state index contributed by atoms with van der Waals surface area (Å²) in [5.41, 5.74) is 4.65. The molecule has 25 heavy (non-hydrogen) atoms. The van der Waals surface area contributed by atoms with Gasteiger partial charge in [-0.2, -0.15) is 0 Å². The molecule has 0 unspecified atom stereocenters. The van der Waals surface area contributed by atoms with E-state index in [9.17, 15) is 4.79 Å². The Labute approximate surface area is 151 Å². The van der Waals surface area contributed by atoms with Gasteiger partial charge < -0.3 is 10.1 Å². The van der Waals surface area contributed by atoms with Crippen LogP contribution in [-0.4, -0.2) is 19.1 Å². The molecule has 0 aromatic heterocycles. The molecule has 0 spiro atoms. The third-order valence-corrected chi connectivity index (χ3v) is 4.23. The van der Waals surface area contributed by atoms with E-state index in [2.05, 4.69) is 45.1 Å². The van der Waals surface area contributed by atoms with Crippen molar-refractivity contribution in [3.63, 3.8) is 0 Å². The molecule has 2 rings (SSSR count). The lowest BCUT2D eigenvalue weighted by Crippen LogP contribution is -2.29. The lowest BCUT2D eigenvalue weighted by molar-refractivity contribution is -0.120. The smallest absolute Gasteiger partial charge is 0.224 e. The number of aryl methyl sites for hydroxylation is 2. The topological polar surface area (TPSA) is 38.3 Å². The molecule has 0 atom stereocenters. The summed E-state index contributed by atoms with van der Waals surface area (Å²) in [6.45, 7) is 11.6. The number of para-hydroxylation sites is 1. The molecule has 0 bridgehead atoms. The highest BCUT2D eigenvalue weighted by molar-refractivity contribution is 5.78. The number of rotatable bonds is 6. The van der Waals surface area contributed by atoms with Crippen LogP contribution in [0.5, 0.6) is 5.75 Å². The maximum atomic E-state index is 12.1. The number of amides is 1. The molecule has 0 aliphatic carbocycles. The fourth-order valence-corrected chi connectivity index (χ4v) is 2.84. The maximum absolute atomic E-state index is 12.1. The van der Waals surface area contributed by atoms with Gasteiger partial charge in [-0.1, -0.05) is 62.7 Å². The van der Waals surface area contributed by atoms with Crippen molar-refractivity contribution in [1.82, 2.24) is 5.32 Å². The monoisotopic (exact) mass is 339 g/mol. The molecule has 3 nitrogen and oxygen atoms in total.